The van der Waals surface area contributed by atoms with E-state index >= 15 is 0 Å². The molecule has 1 N–H and O–H groups in total. The van der Waals surface area contributed by atoms with Crippen molar-refractivity contribution in [2.45, 2.75) is 38.4 Å². The second kappa shape index (κ2) is 4.44. The van der Waals surface area contributed by atoms with Gasteiger partial charge < -0.3 is 14.8 Å². The Morgan fingerprint density at radius 1 is 1.53 bits per heavy atom. The number of nitrogens with zero attached hydrogens (tertiary/aromatic N) is 4. The molecular formula is C11H17N5O. The van der Waals surface area contributed by atoms with Crippen LogP contribution in [0.15, 0.2) is 6.33 Å². The Morgan fingerprint density at radius 2 is 2.47 bits per heavy atom. The molecule has 1 atom stereocenters. The van der Waals surface area contributed by atoms with Crippen molar-refractivity contribution >= 4 is 5.91 Å². The van der Waals surface area contributed by atoms with E-state index in [-0.39, 0.29) is 5.91 Å². The Labute approximate surface area is 100 Å². The van der Waals surface area contributed by atoms with Crippen LogP contribution in [0, 0.1) is 0 Å². The van der Waals surface area contributed by atoms with E-state index < -0.39 is 0 Å². The van der Waals surface area contributed by atoms with Crippen LogP contribution in [0.3, 0.4) is 0 Å². The Bertz CT molecular complexity index is 410. The molecule has 0 bridgehead atoms. The summed E-state index contributed by atoms with van der Waals surface area (Å²) in [7, 11) is 0. The van der Waals surface area contributed by atoms with Gasteiger partial charge in [-0.05, 0) is 19.4 Å². The summed E-state index contributed by atoms with van der Waals surface area (Å²) in [5.74, 6) is 1.13. The number of rotatable bonds is 2. The molecule has 1 aromatic rings. The number of carbonyl (C=O) groups is 1. The number of nitrogens with one attached hydrogen (secondary N) is 1. The van der Waals surface area contributed by atoms with E-state index in [0.29, 0.717) is 19.0 Å². The zero-order chi connectivity index (χ0) is 11.7. The average Bonchev–Trinajstić information content (AvgIpc) is 2.97. The molecule has 92 valence electrons. The van der Waals surface area contributed by atoms with E-state index in [0.717, 1.165) is 31.9 Å². The lowest BCUT2D eigenvalue weighted by molar-refractivity contribution is -0.133. The fourth-order valence-electron chi connectivity index (χ4n) is 2.55. The standard InChI is InChI=1S/C11H17N5O/c17-11(6-9-2-1-3-12-9)15-4-5-16-8-13-14-10(16)7-15/h8-9,12H,1-7H2. The average molecular weight is 235 g/mol. The maximum absolute atomic E-state index is 12.1. The Hall–Kier alpha value is -1.43. The molecule has 0 radical (unpaired) electrons. The highest BCUT2D eigenvalue weighted by molar-refractivity contribution is 5.76. The molecule has 3 rings (SSSR count). The summed E-state index contributed by atoms with van der Waals surface area (Å²) in [4.78, 5) is 14.0. The molecule has 0 aliphatic carbocycles. The van der Waals surface area contributed by atoms with Crippen LogP contribution in [0.1, 0.15) is 25.1 Å². The van der Waals surface area contributed by atoms with Gasteiger partial charge in [-0.25, -0.2) is 0 Å². The van der Waals surface area contributed by atoms with Gasteiger partial charge in [0, 0.05) is 25.6 Å². The summed E-state index contributed by atoms with van der Waals surface area (Å²) < 4.78 is 2.01. The summed E-state index contributed by atoms with van der Waals surface area (Å²) in [6.07, 6.45) is 4.66. The highest BCUT2D eigenvalue weighted by Crippen LogP contribution is 2.14. The van der Waals surface area contributed by atoms with Gasteiger partial charge in [0.05, 0.1) is 6.54 Å². The SMILES string of the molecule is O=C(CC1CCCN1)N1CCn2cnnc2C1. The maximum atomic E-state index is 12.1. The summed E-state index contributed by atoms with van der Waals surface area (Å²) in [6, 6.07) is 0.377. The van der Waals surface area contributed by atoms with Gasteiger partial charge in [-0.1, -0.05) is 0 Å². The topological polar surface area (TPSA) is 63.1 Å². The largest absolute Gasteiger partial charge is 0.333 e. The highest BCUT2D eigenvalue weighted by atomic mass is 16.2. The van der Waals surface area contributed by atoms with Crippen molar-refractivity contribution in [1.82, 2.24) is 25.0 Å². The zero-order valence-electron chi connectivity index (χ0n) is 9.80. The number of fused-ring (bicyclic) bond motifs is 1. The van der Waals surface area contributed by atoms with Crippen molar-refractivity contribution in [2.75, 3.05) is 13.1 Å². The van der Waals surface area contributed by atoms with E-state index in [1.54, 1.807) is 6.33 Å². The smallest absolute Gasteiger partial charge is 0.224 e. The van der Waals surface area contributed by atoms with E-state index in [9.17, 15) is 4.79 Å². The van der Waals surface area contributed by atoms with Crippen molar-refractivity contribution < 1.29 is 4.79 Å². The van der Waals surface area contributed by atoms with Crippen LogP contribution in [0.4, 0.5) is 0 Å². The van der Waals surface area contributed by atoms with Gasteiger partial charge in [-0.2, -0.15) is 0 Å². The minimum atomic E-state index is 0.235. The summed E-state index contributed by atoms with van der Waals surface area (Å²) in [6.45, 7) is 3.24. The first kappa shape index (κ1) is 10.7. The lowest BCUT2D eigenvalue weighted by Crippen LogP contribution is -2.40. The van der Waals surface area contributed by atoms with Crippen LogP contribution in [0.2, 0.25) is 0 Å². The fourth-order valence-corrected chi connectivity index (χ4v) is 2.55. The van der Waals surface area contributed by atoms with E-state index in [1.807, 2.05) is 9.47 Å². The van der Waals surface area contributed by atoms with E-state index in [1.165, 1.54) is 6.42 Å². The lowest BCUT2D eigenvalue weighted by Gasteiger charge is -2.28. The Balaban J connectivity index is 1.60. The molecule has 1 saturated heterocycles. The van der Waals surface area contributed by atoms with E-state index in [2.05, 4.69) is 15.5 Å². The molecular weight excluding hydrogens is 218 g/mol. The quantitative estimate of drug-likeness (QED) is 0.768. The van der Waals surface area contributed by atoms with Gasteiger partial charge in [0.2, 0.25) is 5.91 Å². The molecule has 0 spiro atoms. The first-order valence-electron chi connectivity index (χ1n) is 6.21. The highest BCUT2D eigenvalue weighted by Gasteiger charge is 2.25. The molecule has 0 saturated carbocycles. The van der Waals surface area contributed by atoms with Crippen LogP contribution in [-0.2, 0) is 17.9 Å². The van der Waals surface area contributed by atoms with Crippen molar-refractivity contribution in [3.05, 3.63) is 12.2 Å². The fraction of sp³-hybridized carbons (Fsp3) is 0.727. The summed E-state index contributed by atoms with van der Waals surface area (Å²) in [5.41, 5.74) is 0. The molecule has 17 heavy (non-hydrogen) atoms. The van der Waals surface area contributed by atoms with Crippen LogP contribution in [0.25, 0.3) is 0 Å². The molecule has 6 heteroatoms. The second-order valence-electron chi connectivity index (χ2n) is 4.75. The number of hydrogen-bond acceptors (Lipinski definition) is 4. The molecule has 3 heterocycles. The number of carbonyl (C=O) groups excluding carboxylic acids is 1. The number of hydrogen-bond donors (Lipinski definition) is 1. The predicted molar refractivity (Wildman–Crippen MR) is 61.1 cm³/mol. The molecule has 6 nitrogen and oxygen atoms in total. The molecule has 1 amide bonds. The predicted octanol–water partition coefficient (Wildman–Crippen LogP) is -0.238. The first-order chi connectivity index (χ1) is 8.33. The normalized spacial score (nSPS) is 23.8. The van der Waals surface area contributed by atoms with Gasteiger partial charge in [-0.15, -0.1) is 10.2 Å². The third-order valence-electron chi connectivity index (χ3n) is 3.57. The number of aromatic nitrogens is 3. The van der Waals surface area contributed by atoms with Crippen molar-refractivity contribution in [3.8, 4) is 0 Å². The van der Waals surface area contributed by atoms with Crippen molar-refractivity contribution in [1.29, 1.82) is 0 Å². The minimum absolute atomic E-state index is 0.235. The Morgan fingerprint density at radius 3 is 3.29 bits per heavy atom. The van der Waals surface area contributed by atoms with Crippen LogP contribution < -0.4 is 5.32 Å². The van der Waals surface area contributed by atoms with Crippen molar-refractivity contribution in [3.63, 3.8) is 0 Å². The molecule has 0 aromatic carbocycles. The van der Waals surface area contributed by atoms with Crippen LogP contribution in [-0.4, -0.2) is 44.7 Å². The van der Waals surface area contributed by atoms with Gasteiger partial charge in [0.25, 0.3) is 0 Å². The molecule has 1 fully saturated rings. The minimum Gasteiger partial charge on any atom is -0.333 e. The monoisotopic (exact) mass is 235 g/mol. The van der Waals surface area contributed by atoms with E-state index in [4.69, 9.17) is 0 Å². The van der Waals surface area contributed by atoms with Gasteiger partial charge in [0.15, 0.2) is 5.82 Å². The van der Waals surface area contributed by atoms with Gasteiger partial charge in [0.1, 0.15) is 6.33 Å². The van der Waals surface area contributed by atoms with Crippen LogP contribution >= 0.6 is 0 Å². The molecule has 1 aromatic heterocycles. The zero-order valence-corrected chi connectivity index (χ0v) is 9.80. The van der Waals surface area contributed by atoms with Crippen molar-refractivity contribution in [2.24, 2.45) is 0 Å². The third-order valence-corrected chi connectivity index (χ3v) is 3.57. The summed E-state index contributed by atoms with van der Waals surface area (Å²) in [5, 5.41) is 11.2. The maximum Gasteiger partial charge on any atom is 0.224 e. The Kier molecular flexibility index (Phi) is 2.80. The molecule has 2 aliphatic heterocycles. The second-order valence-corrected chi connectivity index (χ2v) is 4.75. The summed E-state index contributed by atoms with van der Waals surface area (Å²) >= 11 is 0. The third kappa shape index (κ3) is 2.17. The number of amides is 1. The first-order valence-corrected chi connectivity index (χ1v) is 6.21. The molecule has 1 unspecified atom stereocenters. The lowest BCUT2D eigenvalue weighted by atomic mass is 10.1. The van der Waals surface area contributed by atoms with Crippen LogP contribution in [0.5, 0.6) is 0 Å². The molecule has 2 aliphatic rings. The van der Waals surface area contributed by atoms with Gasteiger partial charge >= 0.3 is 0 Å². The van der Waals surface area contributed by atoms with Gasteiger partial charge in [-0.3, -0.25) is 4.79 Å².